The van der Waals surface area contributed by atoms with Gasteiger partial charge in [-0.05, 0) is 31.6 Å². The van der Waals surface area contributed by atoms with Crippen molar-refractivity contribution in [2.24, 2.45) is 22.2 Å². The monoisotopic (exact) mass is 224 g/mol. The van der Waals surface area contributed by atoms with Gasteiger partial charge >= 0.3 is 0 Å². The lowest BCUT2D eigenvalue weighted by Crippen LogP contribution is -2.20. The number of hydrogen-bond donors (Lipinski definition) is 0. The lowest BCUT2D eigenvalue weighted by atomic mass is 9.75. The molecule has 0 unspecified atom stereocenters. The molecule has 17 heavy (non-hydrogen) atoms. The summed E-state index contributed by atoms with van der Waals surface area (Å²) < 4.78 is 0. The molecule has 4 heteroatoms. The van der Waals surface area contributed by atoms with Crippen molar-refractivity contribution in [2.75, 3.05) is 0 Å². The molecule has 0 atom stereocenters. The zero-order valence-electron chi connectivity index (χ0n) is 9.69. The number of nitrogens with zero attached hydrogens (tertiary/aromatic N) is 4. The highest BCUT2D eigenvalue weighted by atomic mass is 14.9. The van der Waals surface area contributed by atoms with E-state index in [9.17, 15) is 21.0 Å². The molecule has 0 aliphatic heterocycles. The Bertz CT molecular complexity index is 444. The van der Waals surface area contributed by atoms with Gasteiger partial charge in [-0.15, -0.1) is 0 Å². The molecule has 0 amide bonds. The minimum Gasteiger partial charge on any atom is -0.196 e. The molecule has 0 saturated heterocycles. The summed E-state index contributed by atoms with van der Waals surface area (Å²) in [6, 6.07) is 7.86. The Hall–Kier alpha value is -2.04. The van der Waals surface area contributed by atoms with Crippen LogP contribution in [0.15, 0.2) is 0 Å². The second-order valence-corrected chi connectivity index (χ2v) is 5.21. The number of nitriles is 4. The molecule has 84 valence electrons. The van der Waals surface area contributed by atoms with Crippen molar-refractivity contribution >= 4 is 0 Å². The highest BCUT2D eigenvalue weighted by molar-refractivity contribution is 5.56. The van der Waals surface area contributed by atoms with E-state index in [0.29, 0.717) is 18.8 Å². The fraction of sp³-hybridized carbons (Fsp3) is 0.692. The smallest absolute Gasteiger partial charge is 0.184 e. The molecule has 1 spiro atoms. The third-order valence-electron chi connectivity index (χ3n) is 4.73. The summed E-state index contributed by atoms with van der Waals surface area (Å²) in [5, 5.41) is 37.1. The Balaban J connectivity index is 2.51. The first-order valence-corrected chi connectivity index (χ1v) is 5.75. The summed E-state index contributed by atoms with van der Waals surface area (Å²) in [5.74, 6) is 0.548. The third kappa shape index (κ3) is 0.906. The molecule has 0 aromatic carbocycles. The first kappa shape index (κ1) is 11.4. The van der Waals surface area contributed by atoms with E-state index < -0.39 is 16.2 Å². The Morgan fingerprint density at radius 1 is 0.824 bits per heavy atom. The Morgan fingerprint density at radius 3 is 1.47 bits per heavy atom. The van der Waals surface area contributed by atoms with Gasteiger partial charge in [0.05, 0.1) is 24.3 Å². The Morgan fingerprint density at radius 2 is 1.18 bits per heavy atom. The molecule has 0 heterocycles. The van der Waals surface area contributed by atoms with Crippen LogP contribution in [0.1, 0.15) is 32.6 Å². The van der Waals surface area contributed by atoms with E-state index in [2.05, 4.69) is 6.92 Å². The summed E-state index contributed by atoms with van der Waals surface area (Å²) in [6.07, 6.45) is 3.04. The summed E-state index contributed by atoms with van der Waals surface area (Å²) in [7, 11) is 0. The third-order valence-corrected chi connectivity index (χ3v) is 4.73. The van der Waals surface area contributed by atoms with Crippen molar-refractivity contribution in [3.63, 3.8) is 0 Å². The van der Waals surface area contributed by atoms with Gasteiger partial charge in [0.1, 0.15) is 0 Å². The van der Waals surface area contributed by atoms with E-state index in [0.717, 1.165) is 12.8 Å². The molecule has 0 bridgehead atoms. The van der Waals surface area contributed by atoms with E-state index in [-0.39, 0.29) is 0 Å². The van der Waals surface area contributed by atoms with Crippen molar-refractivity contribution in [3.8, 4) is 24.3 Å². The lowest BCUT2D eigenvalue weighted by molar-refractivity contribution is 0.233. The second kappa shape index (κ2) is 3.23. The predicted molar refractivity (Wildman–Crippen MR) is 57.4 cm³/mol. The quantitative estimate of drug-likeness (QED) is 0.630. The fourth-order valence-corrected chi connectivity index (χ4v) is 3.51. The molecule has 4 nitrogen and oxygen atoms in total. The largest absolute Gasteiger partial charge is 0.196 e. The molecule has 2 rings (SSSR count). The minimum absolute atomic E-state index is 0.548. The van der Waals surface area contributed by atoms with E-state index in [1.54, 1.807) is 0 Å². The molecule has 0 aromatic rings. The maximum Gasteiger partial charge on any atom is 0.184 e. The van der Waals surface area contributed by atoms with E-state index in [1.807, 2.05) is 24.3 Å². The molecular formula is C13H12N4. The van der Waals surface area contributed by atoms with E-state index in [4.69, 9.17) is 0 Å². The van der Waals surface area contributed by atoms with E-state index in [1.165, 1.54) is 0 Å². The average Bonchev–Trinajstić information content (AvgIpc) is 2.88. The molecule has 0 aromatic heterocycles. The van der Waals surface area contributed by atoms with Crippen LogP contribution in [0.3, 0.4) is 0 Å². The van der Waals surface area contributed by atoms with Crippen LogP contribution >= 0.6 is 0 Å². The van der Waals surface area contributed by atoms with Gasteiger partial charge in [-0.25, -0.2) is 0 Å². The fourth-order valence-electron chi connectivity index (χ4n) is 3.51. The first-order chi connectivity index (χ1) is 8.09. The van der Waals surface area contributed by atoms with Crippen molar-refractivity contribution in [1.82, 2.24) is 0 Å². The molecule has 2 aliphatic carbocycles. The summed E-state index contributed by atoms with van der Waals surface area (Å²) in [6.45, 7) is 2.12. The highest BCUT2D eigenvalue weighted by Gasteiger charge is 2.90. The number of hydrogen-bond acceptors (Lipinski definition) is 4. The molecule has 2 fully saturated rings. The molecule has 2 aliphatic rings. The van der Waals surface area contributed by atoms with Crippen LogP contribution in [0.2, 0.25) is 0 Å². The Labute approximate surface area is 101 Å². The van der Waals surface area contributed by atoms with Crippen molar-refractivity contribution < 1.29 is 0 Å². The summed E-state index contributed by atoms with van der Waals surface area (Å²) in [4.78, 5) is 0. The van der Waals surface area contributed by atoms with Gasteiger partial charge in [0, 0.05) is 5.41 Å². The summed E-state index contributed by atoms with van der Waals surface area (Å²) in [5.41, 5.74) is -3.53. The van der Waals surface area contributed by atoms with Crippen LogP contribution in [0, 0.1) is 67.5 Å². The van der Waals surface area contributed by atoms with Gasteiger partial charge in [0.2, 0.25) is 0 Å². The van der Waals surface area contributed by atoms with Crippen molar-refractivity contribution in [3.05, 3.63) is 0 Å². The van der Waals surface area contributed by atoms with Crippen LogP contribution in [0.4, 0.5) is 0 Å². The van der Waals surface area contributed by atoms with Gasteiger partial charge in [0.15, 0.2) is 10.8 Å². The zero-order valence-corrected chi connectivity index (χ0v) is 9.69. The Kier molecular flexibility index (Phi) is 2.17. The van der Waals surface area contributed by atoms with Gasteiger partial charge in [0.25, 0.3) is 0 Å². The predicted octanol–water partition coefficient (Wildman–Crippen LogP) is 2.26. The lowest BCUT2D eigenvalue weighted by Gasteiger charge is -2.27. The van der Waals surface area contributed by atoms with E-state index >= 15 is 0 Å². The maximum absolute atomic E-state index is 9.26. The van der Waals surface area contributed by atoms with Crippen LogP contribution in [0.25, 0.3) is 0 Å². The second-order valence-electron chi connectivity index (χ2n) is 5.21. The van der Waals surface area contributed by atoms with Crippen molar-refractivity contribution in [2.45, 2.75) is 32.6 Å². The summed E-state index contributed by atoms with van der Waals surface area (Å²) >= 11 is 0. The van der Waals surface area contributed by atoms with Crippen LogP contribution < -0.4 is 0 Å². The highest BCUT2D eigenvalue weighted by Crippen LogP contribution is 2.82. The SMILES string of the molecule is CC1CCC2(CC1)C(C#N)(C#N)C2(C#N)C#N. The maximum atomic E-state index is 9.26. The van der Waals surface area contributed by atoms with Gasteiger partial charge in [-0.3, -0.25) is 0 Å². The van der Waals surface area contributed by atoms with Crippen LogP contribution in [0.5, 0.6) is 0 Å². The minimum atomic E-state index is -1.41. The van der Waals surface area contributed by atoms with Crippen LogP contribution in [-0.2, 0) is 0 Å². The first-order valence-electron chi connectivity index (χ1n) is 5.75. The normalized spacial score (nSPS) is 27.1. The topological polar surface area (TPSA) is 95.2 Å². The van der Waals surface area contributed by atoms with Gasteiger partial charge in [-0.1, -0.05) is 6.92 Å². The molecule has 0 N–H and O–H groups in total. The number of rotatable bonds is 0. The molecule has 2 saturated carbocycles. The molecule has 0 radical (unpaired) electrons. The van der Waals surface area contributed by atoms with Gasteiger partial charge < -0.3 is 0 Å². The molecular weight excluding hydrogens is 212 g/mol. The standard InChI is InChI=1S/C13H12N4/c1-10-2-4-11(5-3-10)12(6-14,7-15)13(11,8-16)9-17/h10H,2-5H2,1H3. The van der Waals surface area contributed by atoms with Gasteiger partial charge in [-0.2, -0.15) is 21.0 Å². The van der Waals surface area contributed by atoms with Crippen LogP contribution in [-0.4, -0.2) is 0 Å². The van der Waals surface area contributed by atoms with Crippen molar-refractivity contribution in [1.29, 1.82) is 21.0 Å². The average molecular weight is 224 g/mol. The zero-order chi connectivity index (χ0) is 12.7.